The van der Waals surface area contributed by atoms with Crippen LogP contribution in [0.25, 0.3) is 11.5 Å². The summed E-state index contributed by atoms with van der Waals surface area (Å²) in [6, 6.07) is 5.29. The fourth-order valence-corrected chi connectivity index (χ4v) is 2.44. The van der Waals surface area contributed by atoms with Gasteiger partial charge in [-0.3, -0.25) is 10.1 Å². The van der Waals surface area contributed by atoms with Crippen molar-refractivity contribution in [1.82, 2.24) is 10.2 Å². The van der Waals surface area contributed by atoms with Gasteiger partial charge >= 0.3 is 0 Å². The smallest absolute Gasteiger partial charge is 0.277 e. The second-order valence-electron chi connectivity index (χ2n) is 4.22. The van der Waals surface area contributed by atoms with Gasteiger partial charge in [0.25, 0.3) is 16.8 Å². The van der Waals surface area contributed by atoms with Crippen molar-refractivity contribution in [2.45, 2.75) is 11.0 Å². The third-order valence-corrected chi connectivity index (χ3v) is 3.65. The molecule has 22 heavy (non-hydrogen) atoms. The summed E-state index contributed by atoms with van der Waals surface area (Å²) < 4.78 is 10.3. The predicted octanol–water partition coefficient (Wildman–Crippen LogP) is 2.60. The Kier molecular flexibility index (Phi) is 3.79. The number of rotatable bonds is 5. The molecule has 0 fully saturated rings. The van der Waals surface area contributed by atoms with Crippen LogP contribution in [0.1, 0.15) is 5.56 Å². The molecule has 2 aromatic heterocycles. The van der Waals surface area contributed by atoms with Crippen LogP contribution in [0.4, 0.5) is 5.69 Å². The normalized spacial score (nSPS) is 10.7. The van der Waals surface area contributed by atoms with Gasteiger partial charge in [0.15, 0.2) is 0 Å². The van der Waals surface area contributed by atoms with Crippen molar-refractivity contribution in [2.24, 2.45) is 0 Å². The molecule has 8 nitrogen and oxygen atoms in total. The molecule has 0 saturated heterocycles. The number of nitro benzene ring substituents is 1. The molecule has 0 unspecified atom stereocenters. The Morgan fingerprint density at radius 2 is 2.14 bits per heavy atom. The molecule has 1 aromatic carbocycles. The van der Waals surface area contributed by atoms with Gasteiger partial charge in [0.1, 0.15) is 6.26 Å². The third kappa shape index (κ3) is 2.93. The molecule has 3 aromatic rings. The molecular formula is C13H8N3O5S-. The van der Waals surface area contributed by atoms with E-state index in [9.17, 15) is 15.2 Å². The Labute approximate surface area is 127 Å². The van der Waals surface area contributed by atoms with Gasteiger partial charge in [0.05, 0.1) is 16.7 Å². The number of nitro groups is 1. The van der Waals surface area contributed by atoms with Gasteiger partial charge in [-0.15, -0.1) is 15.9 Å². The molecule has 0 bridgehead atoms. The van der Waals surface area contributed by atoms with E-state index in [1.54, 1.807) is 6.07 Å². The molecule has 9 heteroatoms. The summed E-state index contributed by atoms with van der Waals surface area (Å²) in [5.74, 6) is 0.235. The van der Waals surface area contributed by atoms with Crippen molar-refractivity contribution in [3.63, 3.8) is 0 Å². The van der Waals surface area contributed by atoms with E-state index in [0.717, 1.165) is 11.8 Å². The zero-order valence-electron chi connectivity index (χ0n) is 11.0. The lowest BCUT2D eigenvalue weighted by atomic mass is 10.2. The van der Waals surface area contributed by atoms with E-state index in [0.29, 0.717) is 17.0 Å². The van der Waals surface area contributed by atoms with Crippen LogP contribution in [0.3, 0.4) is 0 Å². The maximum atomic E-state index is 11.7. The first-order valence-corrected chi connectivity index (χ1v) is 7.05. The monoisotopic (exact) mass is 318 g/mol. The van der Waals surface area contributed by atoms with Crippen molar-refractivity contribution in [2.75, 3.05) is 0 Å². The number of non-ortho nitro benzene ring substituents is 1. The zero-order valence-corrected chi connectivity index (χ0v) is 11.8. The summed E-state index contributed by atoms with van der Waals surface area (Å²) in [6.07, 6.45) is 2.96. The van der Waals surface area contributed by atoms with Gasteiger partial charge in [-0.25, -0.2) is 0 Å². The number of furan rings is 1. The molecule has 2 heterocycles. The quantitative estimate of drug-likeness (QED) is 0.400. The molecule has 0 atom stereocenters. The minimum atomic E-state index is -0.544. The predicted molar refractivity (Wildman–Crippen MR) is 74.1 cm³/mol. The average molecular weight is 318 g/mol. The lowest BCUT2D eigenvalue weighted by Gasteiger charge is -2.11. The molecular weight excluding hydrogens is 310 g/mol. The van der Waals surface area contributed by atoms with E-state index in [2.05, 4.69) is 10.2 Å². The first kappa shape index (κ1) is 14.1. The van der Waals surface area contributed by atoms with Gasteiger partial charge < -0.3 is 13.9 Å². The van der Waals surface area contributed by atoms with Gasteiger partial charge in [-0.2, -0.15) is 0 Å². The van der Waals surface area contributed by atoms with Crippen LogP contribution in [0.15, 0.2) is 50.8 Å². The van der Waals surface area contributed by atoms with Crippen molar-refractivity contribution < 1.29 is 18.9 Å². The summed E-state index contributed by atoms with van der Waals surface area (Å²) in [7, 11) is 0. The third-order valence-electron chi connectivity index (χ3n) is 2.78. The first-order chi connectivity index (χ1) is 10.6. The van der Waals surface area contributed by atoms with E-state index in [1.807, 2.05) is 0 Å². The van der Waals surface area contributed by atoms with E-state index < -0.39 is 4.92 Å². The number of hydrogen-bond donors (Lipinski definition) is 0. The first-order valence-electron chi connectivity index (χ1n) is 6.06. The van der Waals surface area contributed by atoms with Crippen LogP contribution >= 0.6 is 11.8 Å². The summed E-state index contributed by atoms with van der Waals surface area (Å²) in [5.41, 5.74) is 0.835. The highest BCUT2D eigenvalue weighted by Gasteiger charge is 2.12. The Morgan fingerprint density at radius 3 is 2.86 bits per heavy atom. The molecule has 0 saturated carbocycles. The van der Waals surface area contributed by atoms with Crippen LogP contribution in [0, 0.1) is 10.1 Å². The van der Waals surface area contributed by atoms with E-state index >= 15 is 0 Å². The lowest BCUT2D eigenvalue weighted by Crippen LogP contribution is -1.97. The number of benzene rings is 1. The molecule has 0 radical (unpaired) electrons. The number of aromatic nitrogens is 2. The highest BCUT2D eigenvalue weighted by molar-refractivity contribution is 7.98. The molecule has 0 N–H and O–H groups in total. The van der Waals surface area contributed by atoms with Crippen molar-refractivity contribution >= 4 is 17.4 Å². The van der Waals surface area contributed by atoms with Crippen molar-refractivity contribution in [3.05, 3.63) is 52.5 Å². The van der Waals surface area contributed by atoms with Crippen LogP contribution in [-0.2, 0) is 5.75 Å². The fraction of sp³-hybridized carbons (Fsp3) is 0.0769. The lowest BCUT2D eigenvalue weighted by molar-refractivity contribution is -0.385. The largest absolute Gasteiger partial charge is 0.872 e. The molecule has 112 valence electrons. The van der Waals surface area contributed by atoms with Gasteiger partial charge in [-0.1, -0.05) is 17.8 Å². The molecule has 0 amide bonds. The minimum Gasteiger partial charge on any atom is -0.872 e. The fourth-order valence-electron chi connectivity index (χ4n) is 1.70. The van der Waals surface area contributed by atoms with E-state index in [-0.39, 0.29) is 22.4 Å². The van der Waals surface area contributed by atoms with E-state index in [4.69, 9.17) is 8.83 Å². The Morgan fingerprint density at radius 1 is 1.27 bits per heavy atom. The number of nitrogens with zero attached hydrogens (tertiary/aromatic N) is 3. The van der Waals surface area contributed by atoms with Gasteiger partial charge in [0, 0.05) is 17.9 Å². The Hall–Kier alpha value is -2.81. The topological polar surface area (TPSA) is 118 Å². The van der Waals surface area contributed by atoms with E-state index in [1.165, 1.54) is 30.7 Å². The van der Waals surface area contributed by atoms with Crippen LogP contribution in [0.2, 0.25) is 0 Å². The second-order valence-corrected chi connectivity index (χ2v) is 5.15. The van der Waals surface area contributed by atoms with Crippen LogP contribution < -0.4 is 5.11 Å². The molecule has 0 aliphatic carbocycles. The molecule has 0 aliphatic heterocycles. The minimum absolute atomic E-state index is 0.125. The molecule has 0 aliphatic rings. The summed E-state index contributed by atoms with van der Waals surface area (Å²) in [5, 5.41) is 30.4. The maximum absolute atomic E-state index is 11.7. The highest BCUT2D eigenvalue weighted by Crippen LogP contribution is 2.29. The maximum Gasteiger partial charge on any atom is 0.277 e. The average Bonchev–Trinajstić information content (AvgIpc) is 3.17. The Bertz CT molecular complexity index is 800. The zero-order chi connectivity index (χ0) is 15.5. The van der Waals surface area contributed by atoms with Crippen molar-refractivity contribution in [1.29, 1.82) is 0 Å². The van der Waals surface area contributed by atoms with Crippen LogP contribution in [-0.4, -0.2) is 15.1 Å². The number of hydrogen-bond acceptors (Lipinski definition) is 8. The standard InChI is InChI=1S/C13H9N3O5S/c17-11-2-1-10(16(18)19)5-9(11)7-22-13-15-14-12(21-13)8-3-4-20-6-8/h1-6,17H,7H2/p-1. The summed E-state index contributed by atoms with van der Waals surface area (Å²) in [4.78, 5) is 10.2. The van der Waals surface area contributed by atoms with Gasteiger partial charge in [0.2, 0.25) is 0 Å². The van der Waals surface area contributed by atoms with Crippen molar-refractivity contribution in [3.8, 4) is 17.2 Å². The summed E-state index contributed by atoms with van der Waals surface area (Å²) in [6.45, 7) is 0. The highest BCUT2D eigenvalue weighted by atomic mass is 32.2. The summed E-state index contributed by atoms with van der Waals surface area (Å²) >= 11 is 1.13. The van der Waals surface area contributed by atoms with Gasteiger partial charge in [-0.05, 0) is 11.6 Å². The molecule has 3 rings (SSSR count). The SMILES string of the molecule is O=[N+]([O-])c1ccc([O-])c(CSc2nnc(-c3ccoc3)o2)c1. The second kappa shape index (κ2) is 5.90. The van der Waals surface area contributed by atoms with Crippen LogP contribution in [0.5, 0.6) is 5.75 Å². The Balaban J connectivity index is 1.73. The molecule has 0 spiro atoms. The number of thioether (sulfide) groups is 1.